The lowest BCUT2D eigenvalue weighted by Crippen LogP contribution is -2.40. The minimum Gasteiger partial charge on any atom is -0.395 e. The zero-order valence-corrected chi connectivity index (χ0v) is 13.0. The van der Waals surface area contributed by atoms with Crippen molar-refractivity contribution in [3.63, 3.8) is 0 Å². The highest BCUT2D eigenvalue weighted by Gasteiger charge is 2.31. The molecule has 0 radical (unpaired) electrons. The molecule has 1 saturated carbocycles. The van der Waals surface area contributed by atoms with Crippen LogP contribution in [0.3, 0.4) is 0 Å². The van der Waals surface area contributed by atoms with E-state index in [1.807, 2.05) is 0 Å². The average molecular weight is 288 g/mol. The Bertz CT molecular complexity index is 410. The van der Waals surface area contributed by atoms with E-state index in [1.165, 1.54) is 50.9 Å². The minimum atomic E-state index is 0.309. The van der Waals surface area contributed by atoms with Gasteiger partial charge in [0.15, 0.2) is 0 Å². The Kier molecular flexibility index (Phi) is 5.28. The molecule has 3 nitrogen and oxygen atoms in total. The van der Waals surface area contributed by atoms with E-state index >= 15 is 0 Å². The average Bonchev–Trinajstić information content (AvgIpc) is 3.35. The Morgan fingerprint density at radius 3 is 2.38 bits per heavy atom. The van der Waals surface area contributed by atoms with Gasteiger partial charge in [0.05, 0.1) is 6.61 Å². The van der Waals surface area contributed by atoms with Gasteiger partial charge >= 0.3 is 0 Å². The number of hydrogen-bond acceptors (Lipinski definition) is 3. The molecule has 3 rings (SSSR count). The molecule has 1 heterocycles. The van der Waals surface area contributed by atoms with Crippen LogP contribution < -0.4 is 0 Å². The Morgan fingerprint density at radius 1 is 1.05 bits per heavy atom. The number of aliphatic hydroxyl groups excluding tert-OH is 1. The molecule has 1 aromatic rings. The Hall–Kier alpha value is -0.900. The highest BCUT2D eigenvalue weighted by Crippen LogP contribution is 2.29. The van der Waals surface area contributed by atoms with Crippen LogP contribution >= 0.6 is 0 Å². The van der Waals surface area contributed by atoms with Crippen LogP contribution in [-0.2, 0) is 6.54 Å². The molecular formula is C18H28N2O. The summed E-state index contributed by atoms with van der Waals surface area (Å²) in [6.45, 7) is 5.91. The second-order valence-electron chi connectivity index (χ2n) is 6.65. The van der Waals surface area contributed by atoms with E-state index in [2.05, 4.69) is 40.1 Å². The van der Waals surface area contributed by atoms with Crippen molar-refractivity contribution in [2.24, 2.45) is 5.92 Å². The predicted octanol–water partition coefficient (Wildman–Crippen LogP) is 2.36. The molecule has 1 aliphatic heterocycles. The van der Waals surface area contributed by atoms with Gasteiger partial charge < -0.3 is 5.11 Å². The van der Waals surface area contributed by atoms with Gasteiger partial charge in [0.1, 0.15) is 0 Å². The third-order valence-corrected chi connectivity index (χ3v) is 4.90. The van der Waals surface area contributed by atoms with Gasteiger partial charge in [-0.05, 0) is 50.3 Å². The molecule has 0 spiro atoms. The lowest BCUT2D eigenvalue weighted by Gasteiger charge is -2.35. The van der Waals surface area contributed by atoms with Crippen LogP contribution in [0.1, 0.15) is 31.2 Å². The van der Waals surface area contributed by atoms with Crippen LogP contribution in [0.5, 0.6) is 0 Å². The molecule has 1 aromatic carbocycles. The smallest absolute Gasteiger partial charge is 0.0558 e. The molecule has 0 amide bonds. The molecule has 3 heteroatoms. The van der Waals surface area contributed by atoms with Crippen molar-refractivity contribution in [3.8, 4) is 0 Å². The first-order valence-corrected chi connectivity index (χ1v) is 8.46. The molecule has 1 saturated heterocycles. The molecule has 116 valence electrons. The largest absolute Gasteiger partial charge is 0.395 e. The van der Waals surface area contributed by atoms with E-state index in [4.69, 9.17) is 0 Å². The topological polar surface area (TPSA) is 26.7 Å². The van der Waals surface area contributed by atoms with E-state index in [0.29, 0.717) is 6.61 Å². The number of nitrogens with zero attached hydrogens (tertiary/aromatic N) is 2. The molecule has 1 aliphatic carbocycles. The summed E-state index contributed by atoms with van der Waals surface area (Å²) in [4.78, 5) is 5.11. The lowest BCUT2D eigenvalue weighted by molar-refractivity contribution is 0.120. The number of aliphatic hydroxyl groups is 1. The quantitative estimate of drug-likeness (QED) is 0.834. The predicted molar refractivity (Wildman–Crippen MR) is 86.1 cm³/mol. The molecule has 0 unspecified atom stereocenters. The SMILES string of the molecule is OCCN(CC1CCN(Cc2ccccc2)CC1)C1CC1. The van der Waals surface area contributed by atoms with Crippen LogP contribution in [0.2, 0.25) is 0 Å². The summed E-state index contributed by atoms with van der Waals surface area (Å²) in [6.07, 6.45) is 5.29. The number of hydrogen-bond donors (Lipinski definition) is 1. The van der Waals surface area contributed by atoms with Crippen molar-refractivity contribution >= 4 is 0 Å². The van der Waals surface area contributed by atoms with E-state index in [-0.39, 0.29) is 0 Å². The second-order valence-corrected chi connectivity index (χ2v) is 6.65. The van der Waals surface area contributed by atoms with Crippen molar-refractivity contribution in [2.45, 2.75) is 38.3 Å². The van der Waals surface area contributed by atoms with E-state index in [0.717, 1.165) is 25.0 Å². The summed E-state index contributed by atoms with van der Waals surface area (Å²) in [5.41, 5.74) is 1.43. The molecular weight excluding hydrogens is 260 g/mol. The van der Waals surface area contributed by atoms with Gasteiger partial charge in [-0.25, -0.2) is 0 Å². The minimum absolute atomic E-state index is 0.309. The Morgan fingerprint density at radius 2 is 1.76 bits per heavy atom. The van der Waals surface area contributed by atoms with Crippen LogP contribution in [0, 0.1) is 5.92 Å². The van der Waals surface area contributed by atoms with Gasteiger partial charge in [-0.15, -0.1) is 0 Å². The number of benzene rings is 1. The van der Waals surface area contributed by atoms with Crippen molar-refractivity contribution in [1.29, 1.82) is 0 Å². The van der Waals surface area contributed by atoms with E-state index in [9.17, 15) is 5.11 Å². The number of likely N-dealkylation sites (tertiary alicyclic amines) is 1. The molecule has 21 heavy (non-hydrogen) atoms. The fourth-order valence-electron chi connectivity index (χ4n) is 3.49. The summed E-state index contributed by atoms with van der Waals surface area (Å²) in [5, 5.41) is 9.20. The molecule has 2 aliphatic rings. The van der Waals surface area contributed by atoms with Gasteiger partial charge in [0.25, 0.3) is 0 Å². The van der Waals surface area contributed by atoms with E-state index in [1.54, 1.807) is 0 Å². The maximum atomic E-state index is 9.20. The maximum Gasteiger partial charge on any atom is 0.0558 e. The second kappa shape index (κ2) is 7.39. The van der Waals surface area contributed by atoms with Crippen LogP contribution in [0.15, 0.2) is 30.3 Å². The summed E-state index contributed by atoms with van der Waals surface area (Å²) < 4.78 is 0. The monoisotopic (exact) mass is 288 g/mol. The van der Waals surface area contributed by atoms with Gasteiger partial charge in [-0.3, -0.25) is 9.80 Å². The Labute approximate surface area is 128 Å². The first-order chi connectivity index (χ1) is 10.3. The van der Waals surface area contributed by atoms with Gasteiger partial charge in [0.2, 0.25) is 0 Å². The summed E-state index contributed by atoms with van der Waals surface area (Å²) in [6, 6.07) is 11.6. The molecule has 0 aromatic heterocycles. The third kappa shape index (κ3) is 4.53. The van der Waals surface area contributed by atoms with E-state index < -0.39 is 0 Å². The Balaban J connectivity index is 1.42. The van der Waals surface area contributed by atoms with Crippen LogP contribution in [0.4, 0.5) is 0 Å². The molecule has 0 atom stereocenters. The highest BCUT2D eigenvalue weighted by atomic mass is 16.3. The first-order valence-electron chi connectivity index (χ1n) is 8.46. The fraction of sp³-hybridized carbons (Fsp3) is 0.667. The van der Waals surface area contributed by atoms with Crippen molar-refractivity contribution < 1.29 is 5.11 Å². The number of piperidine rings is 1. The normalized spacial score (nSPS) is 21.0. The molecule has 0 bridgehead atoms. The van der Waals surface area contributed by atoms with Gasteiger partial charge in [-0.2, -0.15) is 0 Å². The van der Waals surface area contributed by atoms with Crippen molar-refractivity contribution in [2.75, 3.05) is 32.8 Å². The molecule has 2 fully saturated rings. The first kappa shape index (κ1) is 15.0. The summed E-state index contributed by atoms with van der Waals surface area (Å²) in [5.74, 6) is 0.823. The zero-order chi connectivity index (χ0) is 14.5. The van der Waals surface area contributed by atoms with Crippen molar-refractivity contribution in [3.05, 3.63) is 35.9 Å². The van der Waals surface area contributed by atoms with Gasteiger partial charge in [0, 0.05) is 25.7 Å². The van der Waals surface area contributed by atoms with Crippen LogP contribution in [0.25, 0.3) is 0 Å². The molecule has 1 N–H and O–H groups in total. The fourth-order valence-corrected chi connectivity index (χ4v) is 3.49. The van der Waals surface area contributed by atoms with Crippen molar-refractivity contribution in [1.82, 2.24) is 9.80 Å². The standard InChI is InChI=1S/C18H28N2O/c21-13-12-20(18-6-7-18)15-17-8-10-19(11-9-17)14-16-4-2-1-3-5-16/h1-5,17-18,21H,6-15H2. The van der Waals surface area contributed by atoms with Gasteiger partial charge in [-0.1, -0.05) is 30.3 Å². The number of rotatable bonds is 7. The lowest BCUT2D eigenvalue weighted by atomic mass is 9.95. The highest BCUT2D eigenvalue weighted by molar-refractivity contribution is 5.14. The maximum absolute atomic E-state index is 9.20. The summed E-state index contributed by atoms with van der Waals surface area (Å²) >= 11 is 0. The summed E-state index contributed by atoms with van der Waals surface area (Å²) in [7, 11) is 0. The zero-order valence-electron chi connectivity index (χ0n) is 13.0. The van der Waals surface area contributed by atoms with Crippen LogP contribution in [-0.4, -0.2) is 53.7 Å². The third-order valence-electron chi connectivity index (χ3n) is 4.90.